The minimum atomic E-state index is -0.223. The summed E-state index contributed by atoms with van der Waals surface area (Å²) in [5.74, 6) is 2.14. The van der Waals surface area contributed by atoms with Crippen molar-refractivity contribution in [3.63, 3.8) is 0 Å². The SMILES string of the molecule is O=C(CNC(=O)C12CC3CC(CC(C3)C1)C2)Nc1ccc(N2CCCC2=O)cc1. The number of nitrogens with zero attached hydrogens (tertiary/aromatic N) is 1. The molecule has 5 aliphatic rings. The molecule has 0 atom stereocenters. The lowest BCUT2D eigenvalue weighted by molar-refractivity contribution is -0.146. The fraction of sp³-hybridized carbons (Fsp3) is 0.609. The first kappa shape index (κ1) is 18.6. The van der Waals surface area contributed by atoms with Gasteiger partial charge in [-0.3, -0.25) is 14.4 Å². The summed E-state index contributed by atoms with van der Waals surface area (Å²) in [6.07, 6.45) is 8.39. The van der Waals surface area contributed by atoms with E-state index in [-0.39, 0.29) is 29.7 Å². The highest BCUT2D eigenvalue weighted by molar-refractivity contribution is 5.97. The van der Waals surface area contributed by atoms with Gasteiger partial charge < -0.3 is 15.5 Å². The van der Waals surface area contributed by atoms with Crippen LogP contribution in [0.1, 0.15) is 51.4 Å². The molecule has 1 heterocycles. The molecule has 29 heavy (non-hydrogen) atoms. The fourth-order valence-corrected chi connectivity index (χ4v) is 6.59. The summed E-state index contributed by atoms with van der Waals surface area (Å²) in [7, 11) is 0. The Labute approximate surface area is 171 Å². The van der Waals surface area contributed by atoms with E-state index in [1.165, 1.54) is 19.3 Å². The third-order valence-corrected chi connectivity index (χ3v) is 7.47. The largest absolute Gasteiger partial charge is 0.347 e. The summed E-state index contributed by atoms with van der Waals surface area (Å²) in [5.41, 5.74) is 1.31. The molecule has 1 aliphatic heterocycles. The summed E-state index contributed by atoms with van der Waals surface area (Å²) in [4.78, 5) is 38.9. The minimum absolute atomic E-state index is 0.00689. The number of nitrogens with one attached hydrogen (secondary N) is 2. The van der Waals surface area contributed by atoms with E-state index in [0.717, 1.165) is 37.9 Å². The van der Waals surface area contributed by atoms with Crippen LogP contribution in [0.4, 0.5) is 11.4 Å². The number of carbonyl (C=O) groups is 3. The van der Waals surface area contributed by atoms with Crippen LogP contribution in [0.15, 0.2) is 24.3 Å². The lowest BCUT2D eigenvalue weighted by Gasteiger charge is -2.55. The zero-order valence-electron chi connectivity index (χ0n) is 16.8. The number of anilines is 2. The lowest BCUT2D eigenvalue weighted by atomic mass is 9.49. The average molecular weight is 396 g/mol. The van der Waals surface area contributed by atoms with Crippen LogP contribution >= 0.6 is 0 Å². The normalized spacial score (nSPS) is 32.5. The molecule has 6 nitrogen and oxygen atoms in total. The monoisotopic (exact) mass is 395 g/mol. The molecule has 154 valence electrons. The second-order valence-electron chi connectivity index (χ2n) is 9.62. The molecule has 1 saturated heterocycles. The van der Waals surface area contributed by atoms with Crippen LogP contribution in [0.3, 0.4) is 0 Å². The number of carbonyl (C=O) groups excluding carboxylic acids is 3. The summed E-state index contributed by atoms with van der Waals surface area (Å²) in [6.45, 7) is 0.758. The van der Waals surface area contributed by atoms with Gasteiger partial charge in [0.15, 0.2) is 0 Å². The maximum Gasteiger partial charge on any atom is 0.243 e. The quantitative estimate of drug-likeness (QED) is 0.804. The lowest BCUT2D eigenvalue weighted by Crippen LogP contribution is -2.54. The standard InChI is InChI=1S/C23H29N3O3/c27-20(25-18-3-5-19(6-4-18)26-7-1-2-21(26)28)14-24-22(29)23-11-15-8-16(12-23)10-17(9-15)13-23/h3-6,15-17H,1-2,7-14H2,(H,24,29)(H,25,27). The van der Waals surface area contributed by atoms with E-state index in [0.29, 0.717) is 29.9 Å². The van der Waals surface area contributed by atoms with Crippen LogP contribution in [0.25, 0.3) is 0 Å². The molecule has 0 unspecified atom stereocenters. The highest BCUT2D eigenvalue weighted by Crippen LogP contribution is 2.60. The molecule has 2 N–H and O–H groups in total. The molecule has 6 heteroatoms. The van der Waals surface area contributed by atoms with Crippen molar-refractivity contribution in [1.82, 2.24) is 5.32 Å². The molecule has 5 fully saturated rings. The Balaban J connectivity index is 1.14. The van der Waals surface area contributed by atoms with Crippen LogP contribution in [-0.4, -0.2) is 30.8 Å². The molecule has 1 aromatic rings. The van der Waals surface area contributed by atoms with E-state index in [9.17, 15) is 14.4 Å². The Morgan fingerprint density at radius 1 is 1.00 bits per heavy atom. The van der Waals surface area contributed by atoms with E-state index in [4.69, 9.17) is 0 Å². The Bertz CT molecular complexity index is 797. The summed E-state index contributed by atoms with van der Waals surface area (Å²) < 4.78 is 0. The molecule has 0 spiro atoms. The maximum absolute atomic E-state index is 12.9. The predicted octanol–water partition coefficient (Wildman–Crippen LogP) is 3.08. The molecule has 3 amide bonds. The second kappa shape index (κ2) is 7.15. The third kappa shape index (κ3) is 3.53. The molecule has 0 radical (unpaired) electrons. The van der Waals surface area contributed by atoms with Crippen molar-refractivity contribution < 1.29 is 14.4 Å². The van der Waals surface area contributed by atoms with Gasteiger partial charge in [0.2, 0.25) is 17.7 Å². The van der Waals surface area contributed by atoms with Crippen molar-refractivity contribution in [3.05, 3.63) is 24.3 Å². The van der Waals surface area contributed by atoms with Gasteiger partial charge in [-0.05, 0) is 87.0 Å². The van der Waals surface area contributed by atoms with Crippen LogP contribution in [0.5, 0.6) is 0 Å². The molecule has 0 aromatic heterocycles. The highest BCUT2D eigenvalue weighted by Gasteiger charge is 2.54. The van der Waals surface area contributed by atoms with Gasteiger partial charge >= 0.3 is 0 Å². The van der Waals surface area contributed by atoms with Crippen molar-refractivity contribution >= 4 is 29.1 Å². The van der Waals surface area contributed by atoms with Crippen molar-refractivity contribution in [2.24, 2.45) is 23.2 Å². The fourth-order valence-electron chi connectivity index (χ4n) is 6.59. The maximum atomic E-state index is 12.9. The van der Waals surface area contributed by atoms with Gasteiger partial charge in [0.25, 0.3) is 0 Å². The van der Waals surface area contributed by atoms with E-state index in [1.807, 2.05) is 12.1 Å². The number of hydrogen-bond acceptors (Lipinski definition) is 3. The van der Waals surface area contributed by atoms with Crippen molar-refractivity contribution in [3.8, 4) is 0 Å². The molecule has 4 bridgehead atoms. The summed E-state index contributed by atoms with van der Waals surface area (Å²) in [6, 6.07) is 7.32. The summed E-state index contributed by atoms with van der Waals surface area (Å²) in [5, 5.41) is 5.76. The molecule has 6 rings (SSSR count). The van der Waals surface area contributed by atoms with Crippen molar-refractivity contribution in [1.29, 1.82) is 0 Å². The van der Waals surface area contributed by atoms with Gasteiger partial charge in [-0.1, -0.05) is 0 Å². The zero-order chi connectivity index (χ0) is 20.0. The van der Waals surface area contributed by atoms with Gasteiger partial charge in [-0.25, -0.2) is 0 Å². The first-order valence-electron chi connectivity index (χ1n) is 11.0. The minimum Gasteiger partial charge on any atom is -0.347 e. The van der Waals surface area contributed by atoms with E-state index >= 15 is 0 Å². The van der Waals surface area contributed by atoms with Gasteiger partial charge in [0.1, 0.15) is 0 Å². The molecule has 4 aliphatic carbocycles. The van der Waals surface area contributed by atoms with Crippen LogP contribution in [-0.2, 0) is 14.4 Å². The van der Waals surface area contributed by atoms with E-state index in [2.05, 4.69) is 10.6 Å². The smallest absolute Gasteiger partial charge is 0.243 e. The van der Waals surface area contributed by atoms with Gasteiger partial charge in [-0.15, -0.1) is 0 Å². The summed E-state index contributed by atoms with van der Waals surface area (Å²) >= 11 is 0. The second-order valence-corrected chi connectivity index (χ2v) is 9.62. The Morgan fingerprint density at radius 3 is 2.17 bits per heavy atom. The Morgan fingerprint density at radius 2 is 1.62 bits per heavy atom. The Kier molecular flexibility index (Phi) is 4.60. The van der Waals surface area contributed by atoms with Gasteiger partial charge in [0, 0.05) is 29.8 Å². The molecular weight excluding hydrogens is 366 g/mol. The van der Waals surface area contributed by atoms with Gasteiger partial charge in [0.05, 0.1) is 6.54 Å². The number of benzene rings is 1. The van der Waals surface area contributed by atoms with Crippen molar-refractivity contribution in [2.75, 3.05) is 23.3 Å². The first-order valence-corrected chi connectivity index (χ1v) is 11.0. The average Bonchev–Trinajstić information content (AvgIpc) is 3.11. The van der Waals surface area contributed by atoms with Crippen LogP contribution in [0.2, 0.25) is 0 Å². The van der Waals surface area contributed by atoms with Crippen LogP contribution in [0, 0.1) is 23.2 Å². The van der Waals surface area contributed by atoms with E-state index in [1.54, 1.807) is 17.0 Å². The third-order valence-electron chi connectivity index (χ3n) is 7.47. The predicted molar refractivity (Wildman–Crippen MR) is 110 cm³/mol. The Hall–Kier alpha value is -2.37. The zero-order valence-corrected chi connectivity index (χ0v) is 16.8. The number of amides is 3. The number of rotatable bonds is 5. The van der Waals surface area contributed by atoms with Gasteiger partial charge in [-0.2, -0.15) is 0 Å². The van der Waals surface area contributed by atoms with Crippen LogP contribution < -0.4 is 15.5 Å². The highest BCUT2D eigenvalue weighted by atomic mass is 16.2. The molecule has 4 saturated carbocycles. The molecule has 1 aromatic carbocycles. The number of hydrogen-bond donors (Lipinski definition) is 2. The first-order chi connectivity index (χ1) is 14.0. The molecular formula is C23H29N3O3. The topological polar surface area (TPSA) is 78.5 Å². The van der Waals surface area contributed by atoms with Crippen molar-refractivity contribution in [2.45, 2.75) is 51.4 Å². The van der Waals surface area contributed by atoms with E-state index < -0.39 is 0 Å².